The molecule has 150 valence electrons. The number of sulfone groups is 1. The van der Waals surface area contributed by atoms with Crippen LogP contribution < -0.4 is 0 Å². The quantitative estimate of drug-likeness (QED) is 0.657. The molecule has 3 aromatic heterocycles. The van der Waals surface area contributed by atoms with Crippen molar-refractivity contribution in [1.82, 2.24) is 24.3 Å². The Kier molecular flexibility index (Phi) is 4.07. The molecule has 0 saturated heterocycles. The Bertz CT molecular complexity index is 1190. The van der Waals surface area contributed by atoms with Gasteiger partial charge in [-0.15, -0.1) is 0 Å². The zero-order valence-corrected chi connectivity index (χ0v) is 16.3. The van der Waals surface area contributed by atoms with Crippen molar-refractivity contribution in [2.75, 3.05) is 5.75 Å². The van der Waals surface area contributed by atoms with Crippen LogP contribution in [0.3, 0.4) is 0 Å². The molecule has 28 heavy (non-hydrogen) atoms. The van der Waals surface area contributed by atoms with Gasteiger partial charge in [-0.25, -0.2) is 18.4 Å². The second-order valence-electron chi connectivity index (χ2n) is 6.91. The van der Waals surface area contributed by atoms with E-state index in [1.165, 1.54) is 4.57 Å². The molecule has 0 amide bonds. The second-order valence-corrected chi connectivity index (χ2v) is 9.13. The van der Waals surface area contributed by atoms with Crippen LogP contribution in [0.4, 0.5) is 13.2 Å². The Labute approximate surface area is 159 Å². The van der Waals surface area contributed by atoms with Crippen molar-refractivity contribution in [3.8, 4) is 11.5 Å². The predicted molar refractivity (Wildman–Crippen MR) is 95.4 cm³/mol. The minimum atomic E-state index is -4.59. The van der Waals surface area contributed by atoms with E-state index in [-0.39, 0.29) is 33.6 Å². The number of aromatic nitrogens is 5. The van der Waals surface area contributed by atoms with Crippen molar-refractivity contribution in [1.29, 1.82) is 0 Å². The Hall–Kier alpha value is -2.43. The normalized spacial score (nSPS) is 15.5. The number of fused-ring (bicyclic) bond motifs is 1. The fraction of sp³-hybridized carbons (Fsp3) is 0.471. The van der Waals surface area contributed by atoms with Crippen molar-refractivity contribution in [3.63, 3.8) is 0 Å². The smallest absolute Gasteiger partial charge is 0.324 e. The molecular weight excluding hydrogens is 395 g/mol. The third-order valence-corrected chi connectivity index (χ3v) is 6.76. The fourth-order valence-electron chi connectivity index (χ4n) is 3.38. The molecule has 0 aliphatic heterocycles. The van der Waals surface area contributed by atoms with Crippen LogP contribution in [0.15, 0.2) is 17.2 Å². The third kappa shape index (κ3) is 2.88. The molecule has 1 fully saturated rings. The number of imidazole rings is 1. The molecule has 3 aromatic rings. The molecule has 7 nitrogen and oxygen atoms in total. The molecule has 1 saturated carbocycles. The Morgan fingerprint density at radius 1 is 1.25 bits per heavy atom. The lowest BCUT2D eigenvalue weighted by Gasteiger charge is -2.06. The lowest BCUT2D eigenvalue weighted by Crippen LogP contribution is -2.09. The van der Waals surface area contributed by atoms with Gasteiger partial charge >= 0.3 is 6.18 Å². The largest absolute Gasteiger partial charge is 0.433 e. The summed E-state index contributed by atoms with van der Waals surface area (Å²) in [6, 6.07) is 0.859. The summed E-state index contributed by atoms with van der Waals surface area (Å²) in [5, 5.41) is 4.40. The van der Waals surface area contributed by atoms with Crippen molar-refractivity contribution in [3.05, 3.63) is 23.7 Å². The standard InChI is InChI=1S/C17H18F3N5O2S/c1-4-28(26,27)15-13(23-25(3)14(15)9-5-6-9)16-22-10-7-12(17(18,19)20)21-8-11(10)24(16)2/h7-9H,4-6H2,1-3H3. The van der Waals surface area contributed by atoms with E-state index >= 15 is 0 Å². The topological polar surface area (TPSA) is 82.7 Å². The van der Waals surface area contributed by atoms with Gasteiger partial charge in [0.05, 0.1) is 28.7 Å². The molecule has 1 aliphatic rings. The van der Waals surface area contributed by atoms with Gasteiger partial charge in [0.2, 0.25) is 0 Å². The zero-order chi connectivity index (χ0) is 20.4. The van der Waals surface area contributed by atoms with Gasteiger partial charge in [0.25, 0.3) is 0 Å². The van der Waals surface area contributed by atoms with E-state index in [2.05, 4.69) is 15.1 Å². The molecule has 0 atom stereocenters. The zero-order valence-electron chi connectivity index (χ0n) is 15.4. The molecule has 0 aromatic carbocycles. The first-order valence-electron chi connectivity index (χ1n) is 8.74. The van der Waals surface area contributed by atoms with E-state index in [1.54, 1.807) is 25.7 Å². The van der Waals surface area contributed by atoms with Crippen molar-refractivity contribution in [2.24, 2.45) is 14.1 Å². The number of rotatable bonds is 4. The number of pyridine rings is 1. The van der Waals surface area contributed by atoms with Crippen molar-refractivity contribution < 1.29 is 21.6 Å². The highest BCUT2D eigenvalue weighted by Crippen LogP contribution is 2.45. The number of hydrogen-bond donors (Lipinski definition) is 0. The summed E-state index contributed by atoms with van der Waals surface area (Å²) in [7, 11) is -0.327. The predicted octanol–water partition coefficient (Wildman–Crippen LogP) is 3.06. The number of nitrogens with zero attached hydrogens (tertiary/aromatic N) is 5. The molecule has 1 aliphatic carbocycles. The summed E-state index contributed by atoms with van der Waals surface area (Å²) < 4.78 is 67.6. The minimum Gasteiger partial charge on any atom is -0.324 e. The number of halogens is 3. The second kappa shape index (κ2) is 6.03. The molecule has 11 heteroatoms. The minimum absolute atomic E-state index is 0.0818. The number of hydrogen-bond acceptors (Lipinski definition) is 5. The van der Waals surface area contributed by atoms with Gasteiger partial charge in [0.15, 0.2) is 15.7 Å². The maximum absolute atomic E-state index is 13.0. The molecule has 0 bridgehead atoms. The van der Waals surface area contributed by atoms with Crippen LogP contribution in [0.5, 0.6) is 0 Å². The first kappa shape index (κ1) is 18.9. The monoisotopic (exact) mass is 413 g/mol. The first-order valence-corrected chi connectivity index (χ1v) is 10.4. The first-order chi connectivity index (χ1) is 13.0. The van der Waals surface area contributed by atoms with E-state index < -0.39 is 21.7 Å². The van der Waals surface area contributed by atoms with Gasteiger partial charge in [-0.2, -0.15) is 18.3 Å². The lowest BCUT2D eigenvalue weighted by molar-refractivity contribution is -0.141. The molecule has 3 heterocycles. The van der Waals surface area contributed by atoms with Crippen molar-refractivity contribution >= 4 is 20.9 Å². The molecule has 0 unspecified atom stereocenters. The molecule has 0 N–H and O–H groups in total. The van der Waals surface area contributed by atoms with Crippen LogP contribution in [0.1, 0.15) is 37.1 Å². The molecular formula is C17H18F3N5O2S. The van der Waals surface area contributed by atoms with Crippen LogP contribution in [0, 0.1) is 0 Å². The Balaban J connectivity index is 1.98. The Morgan fingerprint density at radius 3 is 2.50 bits per heavy atom. The van der Waals surface area contributed by atoms with Crippen LogP contribution in [0.25, 0.3) is 22.6 Å². The van der Waals surface area contributed by atoms with Gasteiger partial charge in [-0.05, 0) is 18.9 Å². The van der Waals surface area contributed by atoms with E-state index in [4.69, 9.17) is 0 Å². The SMILES string of the molecule is CCS(=O)(=O)c1c(-c2nc3cc(C(F)(F)F)ncc3n2C)nn(C)c1C1CC1. The Morgan fingerprint density at radius 2 is 1.93 bits per heavy atom. The van der Waals surface area contributed by atoms with E-state index in [1.807, 2.05) is 0 Å². The van der Waals surface area contributed by atoms with Gasteiger partial charge in [0, 0.05) is 20.0 Å². The summed E-state index contributed by atoms with van der Waals surface area (Å²) >= 11 is 0. The summed E-state index contributed by atoms with van der Waals surface area (Å²) in [4.78, 5) is 7.87. The van der Waals surface area contributed by atoms with Crippen LogP contribution in [-0.2, 0) is 30.1 Å². The summed E-state index contributed by atoms with van der Waals surface area (Å²) in [6.45, 7) is 1.55. The van der Waals surface area contributed by atoms with Gasteiger partial charge in [0.1, 0.15) is 16.3 Å². The van der Waals surface area contributed by atoms with Crippen LogP contribution >= 0.6 is 0 Å². The summed E-state index contributed by atoms with van der Waals surface area (Å²) in [6.07, 6.45) is -1.74. The van der Waals surface area contributed by atoms with E-state index in [9.17, 15) is 21.6 Å². The summed E-state index contributed by atoms with van der Waals surface area (Å²) in [5.41, 5.74) is 0.196. The average Bonchev–Trinajstić information content (AvgIpc) is 3.32. The molecule has 0 spiro atoms. The van der Waals surface area contributed by atoms with Gasteiger partial charge in [-0.3, -0.25) is 4.68 Å². The highest BCUT2D eigenvalue weighted by molar-refractivity contribution is 7.91. The van der Waals surface area contributed by atoms with Gasteiger partial charge < -0.3 is 4.57 Å². The van der Waals surface area contributed by atoms with Crippen molar-refractivity contribution in [2.45, 2.75) is 36.8 Å². The van der Waals surface area contributed by atoms with Crippen LogP contribution in [-0.4, -0.2) is 38.5 Å². The fourth-order valence-corrected chi connectivity index (χ4v) is 4.71. The average molecular weight is 413 g/mol. The highest BCUT2D eigenvalue weighted by Gasteiger charge is 2.38. The third-order valence-electron chi connectivity index (χ3n) is 4.97. The maximum Gasteiger partial charge on any atom is 0.433 e. The number of alkyl halides is 3. The lowest BCUT2D eigenvalue weighted by atomic mass is 10.2. The summed E-state index contributed by atoms with van der Waals surface area (Å²) in [5.74, 6) is 0.219. The number of aryl methyl sites for hydroxylation is 2. The van der Waals surface area contributed by atoms with Crippen LogP contribution in [0.2, 0.25) is 0 Å². The highest BCUT2D eigenvalue weighted by atomic mass is 32.2. The maximum atomic E-state index is 13.0. The van der Waals surface area contributed by atoms with E-state index in [0.29, 0.717) is 11.2 Å². The molecule has 4 rings (SSSR count). The molecule has 0 radical (unpaired) electrons. The van der Waals surface area contributed by atoms with E-state index in [0.717, 1.165) is 25.1 Å². The van der Waals surface area contributed by atoms with Gasteiger partial charge in [-0.1, -0.05) is 6.92 Å².